The van der Waals surface area contributed by atoms with Gasteiger partial charge in [-0.05, 0) is 44.8 Å². The van der Waals surface area contributed by atoms with Crippen molar-refractivity contribution in [3.05, 3.63) is 22.8 Å². The smallest absolute Gasteiger partial charge is 0.299 e. The van der Waals surface area contributed by atoms with Crippen LogP contribution in [0.5, 0.6) is 0 Å². The van der Waals surface area contributed by atoms with E-state index < -0.39 is 11.7 Å². The minimum absolute atomic E-state index is 0.400. The van der Waals surface area contributed by atoms with E-state index >= 15 is 0 Å². The first-order valence-corrected chi connectivity index (χ1v) is 5.65. The van der Waals surface area contributed by atoms with Crippen LogP contribution in [-0.2, 0) is 0 Å². The maximum absolute atomic E-state index is 12.8. The van der Waals surface area contributed by atoms with Gasteiger partial charge in [0.05, 0.1) is 5.57 Å². The second kappa shape index (κ2) is 4.24. The molecule has 4 heteroatoms. The number of allylic oxidation sites excluding steroid dienone is 3. The Kier molecular flexibility index (Phi) is 3.10. The predicted molar refractivity (Wildman–Crippen MR) is 57.1 cm³/mol. The van der Waals surface area contributed by atoms with Crippen molar-refractivity contribution in [3.8, 4) is 0 Å². The monoisotopic (exact) mass is 231 g/mol. The number of nitrogens with zero attached hydrogens (tertiary/aromatic N) is 1. The second-order valence-corrected chi connectivity index (χ2v) is 4.64. The van der Waals surface area contributed by atoms with Gasteiger partial charge in [-0.2, -0.15) is 13.2 Å². The van der Waals surface area contributed by atoms with Crippen LogP contribution in [0.25, 0.3) is 0 Å². The molecule has 0 amide bonds. The number of halogens is 3. The molecular formula is C12H16F3N. The lowest BCUT2D eigenvalue weighted by Crippen LogP contribution is -2.39. The Labute approximate surface area is 93.6 Å². The van der Waals surface area contributed by atoms with Crippen LogP contribution in [0.3, 0.4) is 0 Å². The maximum Gasteiger partial charge on any atom is 0.416 e. The fourth-order valence-electron chi connectivity index (χ4n) is 2.16. The van der Waals surface area contributed by atoms with E-state index in [1.165, 1.54) is 6.08 Å². The van der Waals surface area contributed by atoms with Crippen molar-refractivity contribution in [3.63, 3.8) is 0 Å². The van der Waals surface area contributed by atoms with E-state index in [-0.39, 0.29) is 0 Å². The Hall–Kier alpha value is -0.770. The second-order valence-electron chi connectivity index (χ2n) is 4.64. The van der Waals surface area contributed by atoms with Crippen molar-refractivity contribution in [2.75, 3.05) is 19.6 Å². The molecule has 0 aromatic rings. The highest BCUT2D eigenvalue weighted by Gasteiger charge is 2.36. The van der Waals surface area contributed by atoms with Crippen molar-refractivity contribution in [1.82, 2.24) is 4.90 Å². The third-order valence-electron chi connectivity index (χ3n) is 3.26. The molecule has 0 bridgehead atoms. The van der Waals surface area contributed by atoms with E-state index in [0.29, 0.717) is 18.5 Å². The number of hydrogen-bond donors (Lipinski definition) is 0. The molecule has 0 radical (unpaired) electrons. The maximum atomic E-state index is 12.8. The standard InChI is InChI=1S/C12H16F3N/c1-9-3-4-10(8-16-5-2-6-16)11(7-9)12(13,14)15/h7H,2-6,8H2,1H3. The highest BCUT2D eigenvalue weighted by molar-refractivity contribution is 5.37. The minimum Gasteiger partial charge on any atom is -0.299 e. The average Bonchev–Trinajstić information content (AvgIpc) is 2.11. The molecule has 0 atom stereocenters. The van der Waals surface area contributed by atoms with Crippen molar-refractivity contribution in [1.29, 1.82) is 0 Å². The van der Waals surface area contributed by atoms with E-state index in [4.69, 9.17) is 0 Å². The summed E-state index contributed by atoms with van der Waals surface area (Å²) in [4.78, 5) is 2.08. The SMILES string of the molecule is CC1=CC(C(F)(F)F)=C(CN2CCC2)CC1. The van der Waals surface area contributed by atoms with Crippen molar-refractivity contribution in [2.24, 2.45) is 0 Å². The van der Waals surface area contributed by atoms with E-state index in [1.807, 2.05) is 0 Å². The number of alkyl halides is 3. The predicted octanol–water partition coefficient (Wildman–Crippen LogP) is 3.29. The van der Waals surface area contributed by atoms with Crippen LogP contribution in [0.2, 0.25) is 0 Å². The molecular weight excluding hydrogens is 215 g/mol. The van der Waals surface area contributed by atoms with Gasteiger partial charge in [0.25, 0.3) is 0 Å². The Bertz CT molecular complexity index is 335. The Morgan fingerprint density at radius 2 is 1.94 bits per heavy atom. The molecule has 2 rings (SSSR count). The van der Waals surface area contributed by atoms with Gasteiger partial charge in [0.15, 0.2) is 0 Å². The van der Waals surface area contributed by atoms with Gasteiger partial charge < -0.3 is 0 Å². The van der Waals surface area contributed by atoms with E-state index in [9.17, 15) is 13.2 Å². The number of rotatable bonds is 2. The molecule has 0 N–H and O–H groups in total. The summed E-state index contributed by atoms with van der Waals surface area (Å²) in [7, 11) is 0. The highest BCUT2D eigenvalue weighted by atomic mass is 19.4. The zero-order valence-electron chi connectivity index (χ0n) is 9.40. The summed E-state index contributed by atoms with van der Waals surface area (Å²) in [6.45, 7) is 4.15. The molecule has 1 nitrogen and oxygen atoms in total. The van der Waals surface area contributed by atoms with Gasteiger partial charge in [-0.15, -0.1) is 0 Å². The minimum atomic E-state index is -4.19. The summed E-state index contributed by atoms with van der Waals surface area (Å²) < 4.78 is 38.4. The lowest BCUT2D eigenvalue weighted by atomic mass is 9.91. The molecule has 90 valence electrons. The summed E-state index contributed by atoms with van der Waals surface area (Å²) in [5.74, 6) is 0. The lowest BCUT2D eigenvalue weighted by Gasteiger charge is -2.33. The topological polar surface area (TPSA) is 3.24 Å². The third-order valence-corrected chi connectivity index (χ3v) is 3.26. The first-order chi connectivity index (χ1) is 7.47. The van der Waals surface area contributed by atoms with Crippen LogP contribution in [-0.4, -0.2) is 30.7 Å². The zero-order chi connectivity index (χ0) is 11.8. The van der Waals surface area contributed by atoms with Crippen LogP contribution in [0.4, 0.5) is 13.2 Å². The van der Waals surface area contributed by atoms with Crippen LogP contribution in [0.15, 0.2) is 22.8 Å². The zero-order valence-corrected chi connectivity index (χ0v) is 9.40. The molecule has 1 fully saturated rings. The van der Waals surface area contributed by atoms with Gasteiger partial charge in [-0.25, -0.2) is 0 Å². The van der Waals surface area contributed by atoms with Gasteiger partial charge in [0.1, 0.15) is 0 Å². The van der Waals surface area contributed by atoms with E-state index in [2.05, 4.69) is 4.90 Å². The molecule has 0 saturated carbocycles. The van der Waals surface area contributed by atoms with Gasteiger partial charge in [0, 0.05) is 6.54 Å². The number of likely N-dealkylation sites (tertiary alicyclic amines) is 1. The Balaban J connectivity index is 2.20. The van der Waals surface area contributed by atoms with Gasteiger partial charge >= 0.3 is 6.18 Å². The van der Waals surface area contributed by atoms with Crippen molar-refractivity contribution < 1.29 is 13.2 Å². The Morgan fingerprint density at radius 3 is 2.44 bits per heavy atom. The molecule has 0 spiro atoms. The molecule has 1 aliphatic heterocycles. The lowest BCUT2D eigenvalue weighted by molar-refractivity contribution is -0.0898. The molecule has 1 aliphatic carbocycles. The van der Waals surface area contributed by atoms with Crippen molar-refractivity contribution in [2.45, 2.75) is 32.4 Å². The first kappa shape index (κ1) is 11.7. The van der Waals surface area contributed by atoms with Gasteiger partial charge in [-0.3, -0.25) is 4.90 Å². The molecule has 16 heavy (non-hydrogen) atoms. The van der Waals surface area contributed by atoms with E-state index in [0.717, 1.165) is 31.5 Å². The quantitative estimate of drug-likeness (QED) is 0.705. The van der Waals surface area contributed by atoms with Crippen LogP contribution in [0.1, 0.15) is 26.2 Å². The average molecular weight is 231 g/mol. The first-order valence-electron chi connectivity index (χ1n) is 5.65. The van der Waals surface area contributed by atoms with Crippen LogP contribution < -0.4 is 0 Å². The molecule has 2 aliphatic rings. The molecule has 0 unspecified atom stereocenters. The summed E-state index contributed by atoms with van der Waals surface area (Å²) >= 11 is 0. The molecule has 1 saturated heterocycles. The van der Waals surface area contributed by atoms with E-state index in [1.54, 1.807) is 6.92 Å². The van der Waals surface area contributed by atoms with Crippen LogP contribution >= 0.6 is 0 Å². The molecule has 1 heterocycles. The normalized spacial score (nSPS) is 23.1. The van der Waals surface area contributed by atoms with Crippen molar-refractivity contribution >= 4 is 0 Å². The molecule has 0 aromatic heterocycles. The summed E-state index contributed by atoms with van der Waals surface area (Å²) in [5, 5.41) is 0. The third kappa shape index (κ3) is 2.48. The van der Waals surface area contributed by atoms with Crippen LogP contribution in [0, 0.1) is 0 Å². The summed E-state index contributed by atoms with van der Waals surface area (Å²) in [5.41, 5.74) is 1.00. The highest BCUT2D eigenvalue weighted by Crippen LogP contribution is 2.36. The molecule has 0 aromatic carbocycles. The fourth-order valence-corrected chi connectivity index (χ4v) is 2.16. The Morgan fingerprint density at radius 1 is 1.25 bits per heavy atom. The van der Waals surface area contributed by atoms with Gasteiger partial charge in [-0.1, -0.05) is 11.6 Å². The van der Waals surface area contributed by atoms with Gasteiger partial charge in [0.2, 0.25) is 0 Å². The number of hydrogen-bond acceptors (Lipinski definition) is 1. The summed E-state index contributed by atoms with van der Waals surface area (Å²) in [6.07, 6.45) is -0.430. The summed E-state index contributed by atoms with van der Waals surface area (Å²) in [6, 6.07) is 0. The fraction of sp³-hybridized carbons (Fsp3) is 0.667. The largest absolute Gasteiger partial charge is 0.416 e.